The van der Waals surface area contributed by atoms with Gasteiger partial charge in [-0.1, -0.05) is 0 Å². The largest absolute Gasteiger partial charge is 0.507 e. The van der Waals surface area contributed by atoms with Gasteiger partial charge in [-0.2, -0.15) is 8.42 Å². The number of rotatable bonds is 4. The average Bonchev–Trinajstić information content (AvgIpc) is 2.45. The molecular weight excluding hydrogens is 362 g/mol. The lowest BCUT2D eigenvalue weighted by Gasteiger charge is -2.10. The molecule has 0 radical (unpaired) electrons. The summed E-state index contributed by atoms with van der Waals surface area (Å²) in [5.74, 6) is -2.14. The van der Waals surface area contributed by atoms with Gasteiger partial charge in [0, 0.05) is 0 Å². The van der Waals surface area contributed by atoms with Gasteiger partial charge in [0.1, 0.15) is 11.3 Å². The summed E-state index contributed by atoms with van der Waals surface area (Å²) in [5, 5.41) is 18.4. The molecule has 2 rings (SSSR count). The molecule has 0 aromatic heterocycles. The predicted octanol–water partition coefficient (Wildman–Crippen LogP) is 0.752. The van der Waals surface area contributed by atoms with E-state index in [1.54, 1.807) is 0 Å². The standard InChI is InChI=1S/C13H11NO8S2/c14-10-6-8(24(20,21)22)2-4-12(10)23(18,19)7-1-3-11(15)9(5-7)13(16)17/h1-6,15H,14H2,(H,16,17)(H,20,21,22). The Balaban J connectivity index is 2.64. The molecule has 0 atom stereocenters. The Bertz CT molecular complexity index is 1040. The van der Waals surface area contributed by atoms with Gasteiger partial charge in [-0.15, -0.1) is 0 Å². The summed E-state index contributed by atoms with van der Waals surface area (Å²) in [6.45, 7) is 0. The van der Waals surface area contributed by atoms with Crippen molar-refractivity contribution < 1.29 is 36.4 Å². The Hall–Kier alpha value is -2.63. The number of benzene rings is 2. The molecule has 0 aliphatic heterocycles. The first-order valence-corrected chi connectivity index (χ1v) is 9.05. The molecule has 0 aliphatic rings. The van der Waals surface area contributed by atoms with Crippen LogP contribution >= 0.6 is 0 Å². The highest BCUT2D eigenvalue weighted by Crippen LogP contribution is 2.30. The lowest BCUT2D eigenvalue weighted by molar-refractivity contribution is 0.0693. The first-order chi connectivity index (χ1) is 10.9. The molecule has 0 unspecified atom stereocenters. The van der Waals surface area contributed by atoms with Gasteiger partial charge in [-0.3, -0.25) is 4.55 Å². The van der Waals surface area contributed by atoms with Crippen LogP contribution in [0.3, 0.4) is 0 Å². The maximum atomic E-state index is 12.5. The molecule has 24 heavy (non-hydrogen) atoms. The van der Waals surface area contributed by atoms with E-state index in [9.17, 15) is 26.7 Å². The van der Waals surface area contributed by atoms with E-state index in [0.717, 1.165) is 36.4 Å². The smallest absolute Gasteiger partial charge is 0.339 e. The minimum absolute atomic E-state index is 0.449. The molecule has 128 valence electrons. The SMILES string of the molecule is Nc1cc(S(=O)(=O)O)ccc1S(=O)(=O)c1ccc(O)c(C(=O)O)c1. The van der Waals surface area contributed by atoms with E-state index in [2.05, 4.69) is 0 Å². The van der Waals surface area contributed by atoms with Gasteiger partial charge in [-0.05, 0) is 36.4 Å². The average molecular weight is 373 g/mol. The summed E-state index contributed by atoms with van der Waals surface area (Å²) in [4.78, 5) is 9.47. The molecule has 2 aromatic carbocycles. The number of hydrogen-bond acceptors (Lipinski definition) is 7. The van der Waals surface area contributed by atoms with Gasteiger partial charge in [0.15, 0.2) is 0 Å². The first-order valence-electron chi connectivity index (χ1n) is 6.13. The van der Waals surface area contributed by atoms with Crippen molar-refractivity contribution in [3.05, 3.63) is 42.0 Å². The normalized spacial score (nSPS) is 12.0. The summed E-state index contributed by atoms with van der Waals surface area (Å²) in [6, 6.07) is 5.12. The number of anilines is 1. The van der Waals surface area contributed by atoms with Crippen LogP contribution in [0, 0.1) is 0 Å². The fourth-order valence-electron chi connectivity index (χ4n) is 1.91. The molecule has 0 aliphatic carbocycles. The zero-order valence-electron chi connectivity index (χ0n) is 11.7. The molecular formula is C13H11NO8S2. The lowest BCUT2D eigenvalue weighted by atomic mass is 10.2. The fraction of sp³-hybridized carbons (Fsp3) is 0. The molecule has 0 spiro atoms. The zero-order valence-corrected chi connectivity index (χ0v) is 13.4. The topological polar surface area (TPSA) is 172 Å². The van der Waals surface area contributed by atoms with Crippen molar-refractivity contribution in [2.75, 3.05) is 5.73 Å². The second-order valence-corrected chi connectivity index (χ2v) is 8.00. The van der Waals surface area contributed by atoms with Crippen molar-refractivity contribution in [3.8, 4) is 5.75 Å². The highest BCUT2D eigenvalue weighted by Gasteiger charge is 2.24. The van der Waals surface area contributed by atoms with Crippen LogP contribution < -0.4 is 5.73 Å². The van der Waals surface area contributed by atoms with E-state index in [-0.39, 0.29) is 0 Å². The van der Waals surface area contributed by atoms with Gasteiger partial charge < -0.3 is 15.9 Å². The Kier molecular flexibility index (Phi) is 4.27. The summed E-state index contributed by atoms with van der Waals surface area (Å²) in [5.41, 5.74) is 4.48. The number of carbonyl (C=O) groups is 1. The summed E-state index contributed by atoms with van der Waals surface area (Å²) in [6.07, 6.45) is 0. The number of aromatic hydroxyl groups is 1. The third-order valence-corrected chi connectivity index (χ3v) is 5.75. The van der Waals surface area contributed by atoms with Crippen molar-refractivity contribution in [1.29, 1.82) is 0 Å². The Labute approximate surface area is 136 Å². The van der Waals surface area contributed by atoms with E-state index in [1.165, 1.54) is 0 Å². The minimum Gasteiger partial charge on any atom is -0.507 e. The number of carboxylic acids is 1. The summed E-state index contributed by atoms with van der Waals surface area (Å²) in [7, 11) is -8.84. The van der Waals surface area contributed by atoms with Crippen molar-refractivity contribution in [2.24, 2.45) is 0 Å². The van der Waals surface area contributed by atoms with Crippen LogP contribution in [0.2, 0.25) is 0 Å². The van der Waals surface area contributed by atoms with Crippen molar-refractivity contribution in [3.63, 3.8) is 0 Å². The van der Waals surface area contributed by atoms with Crippen LogP contribution in [0.4, 0.5) is 5.69 Å². The second-order valence-electron chi connectivity index (χ2n) is 4.66. The van der Waals surface area contributed by atoms with E-state index in [0.29, 0.717) is 0 Å². The Morgan fingerprint density at radius 1 is 0.958 bits per heavy atom. The van der Waals surface area contributed by atoms with Crippen molar-refractivity contribution in [1.82, 2.24) is 0 Å². The van der Waals surface area contributed by atoms with Gasteiger partial charge in [0.05, 0.1) is 20.4 Å². The molecule has 0 amide bonds. The van der Waals surface area contributed by atoms with Crippen molar-refractivity contribution in [2.45, 2.75) is 14.7 Å². The molecule has 9 nitrogen and oxygen atoms in total. The van der Waals surface area contributed by atoms with E-state index >= 15 is 0 Å². The highest BCUT2D eigenvalue weighted by molar-refractivity contribution is 7.91. The predicted molar refractivity (Wildman–Crippen MR) is 81.2 cm³/mol. The number of aromatic carboxylic acids is 1. The number of carboxylic acid groups (broad SMARTS) is 1. The number of nitrogen functional groups attached to an aromatic ring is 1. The summed E-state index contributed by atoms with van der Waals surface area (Å²) >= 11 is 0. The van der Waals surface area contributed by atoms with Gasteiger partial charge in [-0.25, -0.2) is 13.2 Å². The van der Waals surface area contributed by atoms with E-state index in [4.69, 9.17) is 15.4 Å². The van der Waals surface area contributed by atoms with Crippen LogP contribution in [-0.4, -0.2) is 37.6 Å². The number of nitrogens with two attached hydrogens (primary N) is 1. The Morgan fingerprint density at radius 3 is 2.04 bits per heavy atom. The summed E-state index contributed by atoms with van der Waals surface area (Å²) < 4.78 is 56.1. The van der Waals surface area contributed by atoms with Crippen molar-refractivity contribution >= 4 is 31.6 Å². The maximum absolute atomic E-state index is 12.5. The second kappa shape index (κ2) is 5.78. The zero-order chi connectivity index (χ0) is 18.3. The van der Waals surface area contributed by atoms with Crippen LogP contribution in [-0.2, 0) is 20.0 Å². The third kappa shape index (κ3) is 3.18. The maximum Gasteiger partial charge on any atom is 0.339 e. The van der Waals surface area contributed by atoms with E-state index < -0.39 is 57.6 Å². The van der Waals surface area contributed by atoms with Gasteiger partial charge in [0.2, 0.25) is 9.84 Å². The first kappa shape index (κ1) is 17.7. The molecule has 5 N–H and O–H groups in total. The van der Waals surface area contributed by atoms with E-state index in [1.807, 2.05) is 0 Å². The highest BCUT2D eigenvalue weighted by atomic mass is 32.2. The van der Waals surface area contributed by atoms with Gasteiger partial charge >= 0.3 is 5.97 Å². The van der Waals surface area contributed by atoms with Crippen LogP contribution in [0.15, 0.2) is 51.1 Å². The molecule has 0 saturated carbocycles. The molecule has 11 heteroatoms. The molecule has 0 saturated heterocycles. The molecule has 0 fully saturated rings. The molecule has 0 bridgehead atoms. The Morgan fingerprint density at radius 2 is 1.54 bits per heavy atom. The van der Waals surface area contributed by atoms with Crippen LogP contribution in [0.25, 0.3) is 0 Å². The molecule has 2 aromatic rings. The third-order valence-electron chi connectivity index (χ3n) is 3.08. The lowest BCUT2D eigenvalue weighted by Crippen LogP contribution is -2.09. The monoisotopic (exact) mass is 373 g/mol. The minimum atomic E-state index is -4.56. The van der Waals surface area contributed by atoms with Gasteiger partial charge in [0.25, 0.3) is 10.1 Å². The van der Waals surface area contributed by atoms with Crippen LogP contribution in [0.5, 0.6) is 5.75 Å². The number of sulfone groups is 1. The fourth-order valence-corrected chi connectivity index (χ4v) is 3.82. The van der Waals surface area contributed by atoms with Crippen LogP contribution in [0.1, 0.15) is 10.4 Å². The molecule has 0 heterocycles. The quantitative estimate of drug-likeness (QED) is 0.445. The number of phenols is 1. The number of hydrogen-bond donors (Lipinski definition) is 4.